The second-order valence-corrected chi connectivity index (χ2v) is 5.41. The molecule has 2 heterocycles. The third-order valence-electron chi connectivity index (χ3n) is 4.00. The fourth-order valence-corrected chi connectivity index (χ4v) is 3.01. The first-order chi connectivity index (χ1) is 10.3. The van der Waals surface area contributed by atoms with Crippen LogP contribution >= 0.6 is 12.4 Å². The van der Waals surface area contributed by atoms with Crippen LogP contribution < -0.4 is 5.32 Å². The molecule has 2 N–H and O–H groups in total. The third kappa shape index (κ3) is 2.38. The van der Waals surface area contributed by atoms with Gasteiger partial charge in [0.25, 0.3) is 0 Å². The highest BCUT2D eigenvalue weighted by molar-refractivity contribution is 6.12. The van der Waals surface area contributed by atoms with Gasteiger partial charge in [-0.05, 0) is 30.2 Å². The topological polar surface area (TPSA) is 40.2 Å². The van der Waals surface area contributed by atoms with Gasteiger partial charge in [0.1, 0.15) is 5.84 Å². The predicted octanol–water partition coefficient (Wildman–Crippen LogP) is 3.91. The second-order valence-electron chi connectivity index (χ2n) is 5.41. The molecule has 0 radical (unpaired) electrons. The van der Waals surface area contributed by atoms with Crippen molar-refractivity contribution >= 4 is 29.1 Å². The molecule has 3 nitrogen and oxygen atoms in total. The molecule has 1 aromatic heterocycles. The van der Waals surface area contributed by atoms with E-state index in [-0.39, 0.29) is 12.4 Å². The van der Waals surface area contributed by atoms with Crippen molar-refractivity contribution in [1.82, 2.24) is 10.3 Å². The molecule has 112 valence electrons. The van der Waals surface area contributed by atoms with E-state index in [4.69, 9.17) is 0 Å². The Kier molecular flexibility index (Phi) is 3.90. The molecule has 4 rings (SSSR count). The second kappa shape index (κ2) is 5.85. The van der Waals surface area contributed by atoms with Crippen molar-refractivity contribution < 1.29 is 0 Å². The fraction of sp³-hybridized carbons (Fsp3) is 0.167. The minimum atomic E-state index is 0. The van der Waals surface area contributed by atoms with E-state index in [1.165, 1.54) is 33.3 Å². The maximum atomic E-state index is 4.58. The summed E-state index contributed by atoms with van der Waals surface area (Å²) in [6, 6.07) is 17.1. The number of amidine groups is 1. The standard InChI is InChI=1S/C18H17N3.ClH/c1-12-17(18-19-9-10-20-18)15-11-14(7-8-16(15)21-12)13-5-3-2-4-6-13;/h2-8,11,21H,9-10H2,1H3,(H,19,20);1H. The molecular formula is C18H18ClN3. The molecule has 1 aliphatic heterocycles. The maximum absolute atomic E-state index is 4.58. The zero-order valence-corrected chi connectivity index (χ0v) is 13.2. The minimum absolute atomic E-state index is 0. The number of nitrogens with zero attached hydrogens (tertiary/aromatic N) is 1. The van der Waals surface area contributed by atoms with Gasteiger partial charge in [0.15, 0.2) is 0 Å². The number of hydrogen-bond acceptors (Lipinski definition) is 2. The molecule has 0 atom stereocenters. The van der Waals surface area contributed by atoms with E-state index in [0.29, 0.717) is 0 Å². The van der Waals surface area contributed by atoms with Crippen molar-refractivity contribution in [3.05, 3.63) is 59.8 Å². The van der Waals surface area contributed by atoms with Crippen molar-refractivity contribution in [3.63, 3.8) is 0 Å². The number of nitrogens with one attached hydrogen (secondary N) is 2. The lowest BCUT2D eigenvalue weighted by atomic mass is 10.0. The summed E-state index contributed by atoms with van der Waals surface area (Å²) in [7, 11) is 0. The lowest BCUT2D eigenvalue weighted by molar-refractivity contribution is 0.960. The Hall–Kier alpha value is -2.26. The highest BCUT2D eigenvalue weighted by Crippen LogP contribution is 2.28. The number of hydrogen-bond donors (Lipinski definition) is 2. The van der Waals surface area contributed by atoms with E-state index in [1.54, 1.807) is 0 Å². The van der Waals surface area contributed by atoms with Crippen LogP contribution in [0.5, 0.6) is 0 Å². The van der Waals surface area contributed by atoms with Gasteiger partial charge >= 0.3 is 0 Å². The zero-order valence-electron chi connectivity index (χ0n) is 12.4. The number of aromatic amines is 1. The Morgan fingerprint density at radius 1 is 1.00 bits per heavy atom. The quantitative estimate of drug-likeness (QED) is 0.740. The van der Waals surface area contributed by atoms with Crippen LogP contribution in [0.1, 0.15) is 11.3 Å². The molecule has 1 aliphatic rings. The van der Waals surface area contributed by atoms with Crippen LogP contribution in [0.2, 0.25) is 0 Å². The SMILES string of the molecule is Cc1[nH]c2ccc(-c3ccccc3)cc2c1C1=NCCN1.Cl. The molecule has 3 aromatic rings. The monoisotopic (exact) mass is 311 g/mol. The summed E-state index contributed by atoms with van der Waals surface area (Å²) in [4.78, 5) is 8.04. The molecule has 22 heavy (non-hydrogen) atoms. The van der Waals surface area contributed by atoms with Crippen LogP contribution in [-0.4, -0.2) is 23.9 Å². The number of aliphatic imine (C=N–C) groups is 1. The van der Waals surface area contributed by atoms with E-state index in [1.807, 2.05) is 6.07 Å². The predicted molar refractivity (Wildman–Crippen MR) is 95.1 cm³/mol. The van der Waals surface area contributed by atoms with Gasteiger partial charge in [-0.15, -0.1) is 12.4 Å². The molecule has 0 saturated carbocycles. The Morgan fingerprint density at radius 2 is 1.82 bits per heavy atom. The number of benzene rings is 2. The summed E-state index contributed by atoms with van der Waals surface area (Å²) in [5.41, 5.74) is 6.02. The first-order valence-corrected chi connectivity index (χ1v) is 7.29. The first-order valence-electron chi connectivity index (χ1n) is 7.29. The average Bonchev–Trinajstić information content (AvgIpc) is 3.13. The van der Waals surface area contributed by atoms with E-state index in [0.717, 1.165) is 18.9 Å². The molecule has 0 spiro atoms. The van der Waals surface area contributed by atoms with Crippen molar-refractivity contribution in [2.45, 2.75) is 6.92 Å². The minimum Gasteiger partial charge on any atom is -0.368 e. The number of halogens is 1. The summed E-state index contributed by atoms with van der Waals surface area (Å²) in [5, 5.41) is 4.62. The number of aromatic nitrogens is 1. The molecule has 4 heteroatoms. The van der Waals surface area contributed by atoms with Gasteiger partial charge in [0, 0.05) is 28.7 Å². The highest BCUT2D eigenvalue weighted by Gasteiger charge is 2.17. The highest BCUT2D eigenvalue weighted by atomic mass is 35.5. The summed E-state index contributed by atoms with van der Waals surface area (Å²) in [5.74, 6) is 1.02. The van der Waals surface area contributed by atoms with Gasteiger partial charge in [-0.1, -0.05) is 36.4 Å². The molecule has 0 fully saturated rings. The van der Waals surface area contributed by atoms with E-state index >= 15 is 0 Å². The zero-order chi connectivity index (χ0) is 14.2. The Morgan fingerprint density at radius 3 is 2.55 bits per heavy atom. The van der Waals surface area contributed by atoms with Crippen LogP contribution in [0, 0.1) is 6.92 Å². The van der Waals surface area contributed by atoms with Crippen molar-refractivity contribution in [2.24, 2.45) is 4.99 Å². The van der Waals surface area contributed by atoms with E-state index in [2.05, 4.69) is 64.7 Å². The first kappa shape index (κ1) is 14.7. The number of H-pyrrole nitrogens is 1. The van der Waals surface area contributed by atoms with Crippen molar-refractivity contribution in [3.8, 4) is 11.1 Å². The Labute approximate surface area is 135 Å². The average molecular weight is 312 g/mol. The van der Waals surface area contributed by atoms with E-state index in [9.17, 15) is 0 Å². The van der Waals surface area contributed by atoms with Gasteiger partial charge in [-0.3, -0.25) is 4.99 Å². The van der Waals surface area contributed by atoms with Crippen LogP contribution in [0.4, 0.5) is 0 Å². The van der Waals surface area contributed by atoms with Crippen LogP contribution in [0.25, 0.3) is 22.0 Å². The normalized spacial score (nSPS) is 13.6. The van der Waals surface area contributed by atoms with Crippen LogP contribution in [-0.2, 0) is 0 Å². The van der Waals surface area contributed by atoms with Crippen molar-refractivity contribution in [1.29, 1.82) is 0 Å². The summed E-state index contributed by atoms with van der Waals surface area (Å²) in [6.07, 6.45) is 0. The van der Waals surface area contributed by atoms with Gasteiger partial charge in [0.2, 0.25) is 0 Å². The smallest absolute Gasteiger partial charge is 0.130 e. The molecule has 0 aliphatic carbocycles. The van der Waals surface area contributed by atoms with Gasteiger partial charge in [0.05, 0.1) is 6.54 Å². The maximum Gasteiger partial charge on any atom is 0.130 e. The van der Waals surface area contributed by atoms with Gasteiger partial charge in [-0.2, -0.15) is 0 Å². The fourth-order valence-electron chi connectivity index (χ4n) is 3.01. The lowest BCUT2D eigenvalue weighted by Crippen LogP contribution is -2.19. The molecule has 0 saturated heterocycles. The van der Waals surface area contributed by atoms with Gasteiger partial charge in [-0.25, -0.2) is 0 Å². The number of rotatable bonds is 2. The molecule has 0 amide bonds. The lowest BCUT2D eigenvalue weighted by Gasteiger charge is -2.05. The largest absolute Gasteiger partial charge is 0.368 e. The summed E-state index contributed by atoms with van der Waals surface area (Å²) >= 11 is 0. The van der Waals surface area contributed by atoms with Crippen LogP contribution in [0.15, 0.2) is 53.5 Å². The number of aryl methyl sites for hydroxylation is 1. The molecule has 2 aromatic carbocycles. The summed E-state index contributed by atoms with van der Waals surface area (Å²) in [6.45, 7) is 3.90. The number of fused-ring (bicyclic) bond motifs is 1. The summed E-state index contributed by atoms with van der Waals surface area (Å²) < 4.78 is 0. The molecule has 0 bridgehead atoms. The Balaban J connectivity index is 0.00000144. The Bertz CT molecular complexity index is 834. The van der Waals surface area contributed by atoms with Gasteiger partial charge < -0.3 is 10.3 Å². The van der Waals surface area contributed by atoms with Crippen molar-refractivity contribution in [2.75, 3.05) is 13.1 Å². The van der Waals surface area contributed by atoms with E-state index < -0.39 is 0 Å². The third-order valence-corrected chi connectivity index (χ3v) is 4.00. The van der Waals surface area contributed by atoms with Crippen LogP contribution in [0.3, 0.4) is 0 Å². The molecular weight excluding hydrogens is 294 g/mol. The molecule has 0 unspecified atom stereocenters.